The van der Waals surface area contributed by atoms with Crippen LogP contribution in [0.5, 0.6) is 0 Å². The van der Waals surface area contributed by atoms with Crippen LogP contribution in [0.4, 0.5) is 5.13 Å². The molecular weight excluding hydrogens is 528 g/mol. The van der Waals surface area contributed by atoms with Crippen molar-refractivity contribution >= 4 is 65.8 Å². The van der Waals surface area contributed by atoms with E-state index in [9.17, 15) is 14.7 Å². The van der Waals surface area contributed by atoms with Crippen molar-refractivity contribution in [2.75, 3.05) is 5.32 Å². The Morgan fingerprint density at radius 3 is 2.76 bits per heavy atom. The standard InChI is InChI=1S/C24H20BrClN2O4S/c1-12-6-9-18(32-12)23(31)20(22(30)13(2)29)21(14-4-3-5-15(25)10-14)28-24-27-17-8-7-16(26)11-19(17)33-24/h3-8,10-11,18,21,30H,9H2,1-2H3,(H,27,28)/b22-20-. The second kappa shape index (κ2) is 9.67. The fourth-order valence-corrected chi connectivity index (χ4v) is 5.19. The van der Waals surface area contributed by atoms with Gasteiger partial charge in [0, 0.05) is 22.8 Å². The number of rotatable bonds is 7. The summed E-state index contributed by atoms with van der Waals surface area (Å²) in [5.41, 5.74) is 1.35. The number of halogens is 2. The van der Waals surface area contributed by atoms with Crippen LogP contribution in [0.1, 0.15) is 31.9 Å². The molecule has 1 aliphatic heterocycles. The molecule has 3 aromatic rings. The van der Waals surface area contributed by atoms with Gasteiger partial charge in [-0.25, -0.2) is 4.98 Å². The Morgan fingerprint density at radius 1 is 1.30 bits per heavy atom. The van der Waals surface area contributed by atoms with Crippen LogP contribution in [-0.4, -0.2) is 27.8 Å². The highest BCUT2D eigenvalue weighted by atomic mass is 79.9. The average molecular weight is 548 g/mol. The zero-order valence-electron chi connectivity index (χ0n) is 17.8. The number of ether oxygens (including phenoxy) is 1. The molecule has 9 heteroatoms. The van der Waals surface area contributed by atoms with Crippen molar-refractivity contribution in [2.45, 2.75) is 32.4 Å². The van der Waals surface area contributed by atoms with Crippen molar-refractivity contribution in [3.8, 4) is 0 Å². The van der Waals surface area contributed by atoms with Crippen molar-refractivity contribution < 1.29 is 19.4 Å². The van der Waals surface area contributed by atoms with Gasteiger partial charge in [0.1, 0.15) is 0 Å². The summed E-state index contributed by atoms with van der Waals surface area (Å²) in [5.74, 6) is -1.05. The maximum absolute atomic E-state index is 13.5. The second-order valence-electron chi connectivity index (χ2n) is 7.60. The van der Waals surface area contributed by atoms with Crippen molar-refractivity contribution in [3.63, 3.8) is 0 Å². The van der Waals surface area contributed by atoms with Gasteiger partial charge in [0.15, 0.2) is 22.8 Å². The number of nitrogens with one attached hydrogen (secondary N) is 1. The number of anilines is 1. The number of fused-ring (bicyclic) bond motifs is 1. The molecule has 1 aromatic heterocycles. The zero-order valence-corrected chi connectivity index (χ0v) is 20.9. The number of carbonyl (C=O) groups excluding carboxylic acids is 2. The van der Waals surface area contributed by atoms with Crippen molar-refractivity contribution in [2.24, 2.45) is 0 Å². The normalized spacial score (nSPS) is 17.2. The number of carbonyl (C=O) groups is 2. The predicted octanol–water partition coefficient (Wildman–Crippen LogP) is 6.53. The first kappa shape index (κ1) is 23.5. The van der Waals surface area contributed by atoms with Gasteiger partial charge in [0.05, 0.1) is 27.6 Å². The number of ketones is 2. The van der Waals surface area contributed by atoms with Gasteiger partial charge in [-0.3, -0.25) is 9.59 Å². The molecule has 2 unspecified atom stereocenters. The number of hydrogen-bond donors (Lipinski definition) is 2. The molecule has 0 saturated carbocycles. The minimum Gasteiger partial charge on any atom is -0.504 e. The third kappa shape index (κ3) is 5.13. The lowest BCUT2D eigenvalue weighted by Gasteiger charge is -2.24. The number of aliphatic hydroxyl groups excluding tert-OH is 1. The van der Waals surface area contributed by atoms with Crippen molar-refractivity contribution in [1.82, 2.24) is 4.98 Å². The van der Waals surface area contributed by atoms with Crippen LogP contribution in [0.3, 0.4) is 0 Å². The quantitative estimate of drug-likeness (QED) is 0.258. The molecule has 0 spiro atoms. The van der Waals surface area contributed by atoms with Crippen LogP contribution in [0, 0.1) is 0 Å². The smallest absolute Gasteiger partial charge is 0.205 e. The van der Waals surface area contributed by atoms with Crippen molar-refractivity contribution in [3.05, 3.63) is 80.7 Å². The number of Topliss-reactive ketones (excluding diaryl/α,β-unsaturated/α-hetero) is 2. The summed E-state index contributed by atoms with van der Waals surface area (Å²) in [6, 6.07) is 11.8. The van der Waals surface area contributed by atoms with Gasteiger partial charge in [0.2, 0.25) is 5.78 Å². The Morgan fingerprint density at radius 2 is 2.09 bits per heavy atom. The van der Waals surface area contributed by atoms with E-state index in [1.165, 1.54) is 18.3 Å². The minimum absolute atomic E-state index is 0.0639. The zero-order chi connectivity index (χ0) is 23.7. The summed E-state index contributed by atoms with van der Waals surface area (Å²) in [6.45, 7) is 2.98. The largest absolute Gasteiger partial charge is 0.504 e. The van der Waals surface area contributed by atoms with Crippen LogP contribution in [-0.2, 0) is 14.3 Å². The molecule has 6 nitrogen and oxygen atoms in total. The van der Waals surface area contributed by atoms with Gasteiger partial charge in [-0.2, -0.15) is 0 Å². The van der Waals surface area contributed by atoms with Crippen LogP contribution in [0.15, 0.2) is 70.1 Å². The van der Waals surface area contributed by atoms with E-state index < -0.39 is 29.5 Å². The second-order valence-corrected chi connectivity index (χ2v) is 9.99. The first-order valence-electron chi connectivity index (χ1n) is 10.1. The number of aromatic nitrogens is 1. The Labute approximate surface area is 208 Å². The molecular formula is C24H20BrClN2O4S. The average Bonchev–Trinajstić information content (AvgIpc) is 3.38. The van der Waals surface area contributed by atoms with Gasteiger partial charge in [0.25, 0.3) is 0 Å². The number of allylic oxidation sites excluding steroid dienone is 2. The fraction of sp³-hybridized carbons (Fsp3) is 0.208. The summed E-state index contributed by atoms with van der Waals surface area (Å²) in [6.07, 6.45) is 1.36. The molecule has 33 heavy (non-hydrogen) atoms. The van der Waals surface area contributed by atoms with Crippen molar-refractivity contribution in [1.29, 1.82) is 0 Å². The van der Waals surface area contributed by atoms with E-state index in [1.807, 2.05) is 42.5 Å². The molecule has 2 atom stereocenters. The SMILES string of the molecule is CC(=O)/C(O)=C(/C(=O)C1CC=C(C)O1)C(Nc1nc2ccc(Cl)cc2s1)c1cccc(Br)c1. The number of nitrogens with zero attached hydrogens (tertiary/aromatic N) is 1. The highest BCUT2D eigenvalue weighted by molar-refractivity contribution is 9.10. The first-order valence-corrected chi connectivity index (χ1v) is 12.1. The lowest BCUT2D eigenvalue weighted by Crippen LogP contribution is -2.30. The topological polar surface area (TPSA) is 88.5 Å². The van der Waals surface area contributed by atoms with E-state index >= 15 is 0 Å². The van der Waals surface area contributed by atoms with Gasteiger partial charge in [-0.05, 0) is 48.9 Å². The number of benzene rings is 2. The fourth-order valence-electron chi connectivity index (χ4n) is 3.60. The summed E-state index contributed by atoms with van der Waals surface area (Å²) < 4.78 is 7.29. The summed E-state index contributed by atoms with van der Waals surface area (Å²) in [5, 5.41) is 15.2. The van der Waals surface area contributed by atoms with Gasteiger partial charge < -0.3 is 15.2 Å². The Balaban J connectivity index is 1.82. The van der Waals surface area contributed by atoms with Crippen LogP contribution in [0.2, 0.25) is 5.02 Å². The maximum Gasteiger partial charge on any atom is 0.205 e. The van der Waals surface area contributed by atoms with Gasteiger partial charge >= 0.3 is 0 Å². The van der Waals surface area contributed by atoms with E-state index in [0.29, 0.717) is 27.9 Å². The third-order valence-electron chi connectivity index (χ3n) is 5.18. The lowest BCUT2D eigenvalue weighted by molar-refractivity contribution is -0.124. The Kier molecular flexibility index (Phi) is 6.88. The molecule has 0 bridgehead atoms. The summed E-state index contributed by atoms with van der Waals surface area (Å²) in [4.78, 5) is 30.3. The number of hydrogen-bond acceptors (Lipinski definition) is 7. The molecule has 1 aliphatic rings. The third-order valence-corrected chi connectivity index (χ3v) is 6.86. The molecule has 0 saturated heterocycles. The highest BCUT2D eigenvalue weighted by Gasteiger charge is 2.35. The van der Waals surface area contributed by atoms with E-state index in [-0.39, 0.29) is 5.57 Å². The first-order chi connectivity index (χ1) is 15.7. The van der Waals surface area contributed by atoms with Gasteiger partial charge in [-0.15, -0.1) is 0 Å². The molecule has 0 radical (unpaired) electrons. The molecule has 0 fully saturated rings. The molecule has 2 heterocycles. The van der Waals surface area contributed by atoms with E-state index in [1.54, 1.807) is 13.0 Å². The van der Waals surface area contributed by atoms with E-state index in [2.05, 4.69) is 26.2 Å². The molecule has 170 valence electrons. The lowest BCUT2D eigenvalue weighted by atomic mass is 9.90. The highest BCUT2D eigenvalue weighted by Crippen LogP contribution is 2.36. The summed E-state index contributed by atoms with van der Waals surface area (Å²) >= 11 is 10.9. The molecule has 2 aromatic carbocycles. The van der Waals surface area contributed by atoms with Crippen LogP contribution >= 0.6 is 38.9 Å². The minimum atomic E-state index is -0.848. The van der Waals surface area contributed by atoms with Crippen LogP contribution < -0.4 is 5.32 Å². The maximum atomic E-state index is 13.5. The molecule has 4 rings (SSSR count). The number of thiazole rings is 1. The summed E-state index contributed by atoms with van der Waals surface area (Å²) in [7, 11) is 0. The number of aliphatic hydroxyl groups is 1. The molecule has 0 aliphatic carbocycles. The monoisotopic (exact) mass is 546 g/mol. The van der Waals surface area contributed by atoms with Crippen LogP contribution in [0.25, 0.3) is 10.2 Å². The Bertz CT molecular complexity index is 1320. The predicted molar refractivity (Wildman–Crippen MR) is 134 cm³/mol. The molecule has 0 amide bonds. The van der Waals surface area contributed by atoms with Gasteiger partial charge in [-0.1, -0.05) is 51.0 Å². The molecule has 2 N–H and O–H groups in total. The van der Waals surface area contributed by atoms with E-state index in [0.717, 1.165) is 14.7 Å². The Hall–Kier alpha value is -2.68. The van der Waals surface area contributed by atoms with E-state index in [4.69, 9.17) is 16.3 Å².